The molecule has 7 nitrogen and oxygen atoms in total. The zero-order valence-corrected chi connectivity index (χ0v) is 11.5. The molecule has 2 aromatic heterocycles. The van der Waals surface area contributed by atoms with Crippen LogP contribution >= 0.6 is 11.6 Å². The maximum atomic E-state index is 10.9. The molecule has 0 aromatic carbocycles. The van der Waals surface area contributed by atoms with Crippen LogP contribution in [-0.4, -0.2) is 24.7 Å². The molecular weight excluding hydrogens is 270 g/mol. The number of aromatic nitrogens is 4. The van der Waals surface area contributed by atoms with Crippen molar-refractivity contribution in [3.05, 3.63) is 44.2 Å². The minimum Gasteiger partial charge on any atom is -0.258 e. The largest absolute Gasteiger partial charge is 0.312 e. The molecule has 2 aromatic rings. The highest BCUT2D eigenvalue weighted by atomic mass is 35.5. The van der Waals surface area contributed by atoms with Gasteiger partial charge in [-0.2, -0.15) is 5.10 Å². The lowest BCUT2D eigenvalue weighted by Crippen LogP contribution is -2.08. The number of hydrogen-bond donors (Lipinski definition) is 0. The summed E-state index contributed by atoms with van der Waals surface area (Å²) in [4.78, 5) is 18.8. The maximum Gasteiger partial charge on any atom is 0.312 e. The molecule has 0 aliphatic rings. The Morgan fingerprint density at radius 3 is 2.58 bits per heavy atom. The van der Waals surface area contributed by atoms with E-state index in [1.165, 1.54) is 4.68 Å². The van der Waals surface area contributed by atoms with Crippen LogP contribution in [0.3, 0.4) is 0 Å². The molecule has 2 heterocycles. The van der Waals surface area contributed by atoms with Crippen molar-refractivity contribution in [3.63, 3.8) is 0 Å². The van der Waals surface area contributed by atoms with Crippen LogP contribution in [0.15, 0.2) is 6.07 Å². The van der Waals surface area contributed by atoms with Gasteiger partial charge in [0.05, 0.1) is 4.92 Å². The van der Waals surface area contributed by atoms with Gasteiger partial charge >= 0.3 is 5.69 Å². The lowest BCUT2D eigenvalue weighted by molar-refractivity contribution is -0.386. The maximum absolute atomic E-state index is 10.9. The predicted octanol–water partition coefficient (Wildman–Crippen LogP) is 2.21. The van der Waals surface area contributed by atoms with Gasteiger partial charge in [-0.25, -0.2) is 9.97 Å². The van der Waals surface area contributed by atoms with Crippen molar-refractivity contribution in [2.45, 2.75) is 27.3 Å². The first-order chi connectivity index (χ1) is 8.88. The number of aryl methyl sites for hydroxylation is 2. The van der Waals surface area contributed by atoms with E-state index in [9.17, 15) is 10.1 Å². The van der Waals surface area contributed by atoms with E-state index in [0.717, 1.165) is 5.69 Å². The molecule has 19 heavy (non-hydrogen) atoms. The zero-order chi connectivity index (χ0) is 14.2. The Labute approximate surface area is 114 Å². The average molecular weight is 282 g/mol. The average Bonchev–Trinajstić information content (AvgIpc) is 2.52. The van der Waals surface area contributed by atoms with Crippen molar-refractivity contribution in [1.29, 1.82) is 0 Å². The fraction of sp³-hybridized carbons (Fsp3) is 0.364. The van der Waals surface area contributed by atoms with Crippen LogP contribution in [-0.2, 0) is 6.54 Å². The molecule has 0 saturated heterocycles. The molecule has 0 radical (unpaired) electrons. The van der Waals surface area contributed by atoms with Gasteiger partial charge in [0.25, 0.3) is 0 Å². The topological polar surface area (TPSA) is 86.7 Å². The van der Waals surface area contributed by atoms with Crippen molar-refractivity contribution in [3.8, 4) is 0 Å². The van der Waals surface area contributed by atoms with Gasteiger partial charge in [0.2, 0.25) is 0 Å². The first-order valence-corrected chi connectivity index (χ1v) is 5.94. The summed E-state index contributed by atoms with van der Waals surface area (Å²) in [6.45, 7) is 5.31. The molecule has 8 heteroatoms. The molecule has 0 amide bonds. The molecule has 2 rings (SSSR count). The van der Waals surface area contributed by atoms with Gasteiger partial charge in [-0.15, -0.1) is 0 Å². The first-order valence-electron chi connectivity index (χ1n) is 5.57. The third-order valence-corrected chi connectivity index (χ3v) is 2.88. The molecular formula is C11H12ClN5O2. The third-order valence-electron chi connectivity index (χ3n) is 2.69. The summed E-state index contributed by atoms with van der Waals surface area (Å²) in [6.07, 6.45) is 0. The summed E-state index contributed by atoms with van der Waals surface area (Å²) in [5.41, 5.74) is 1.62. The van der Waals surface area contributed by atoms with Crippen LogP contribution in [0.2, 0.25) is 5.15 Å². The van der Waals surface area contributed by atoms with E-state index in [4.69, 9.17) is 11.6 Å². The van der Waals surface area contributed by atoms with Crippen LogP contribution < -0.4 is 0 Å². The van der Waals surface area contributed by atoms with E-state index in [2.05, 4.69) is 15.1 Å². The number of hydrogen-bond acceptors (Lipinski definition) is 5. The van der Waals surface area contributed by atoms with E-state index in [1.807, 2.05) is 0 Å². The van der Waals surface area contributed by atoms with Crippen LogP contribution in [0.25, 0.3) is 0 Å². The molecule has 0 atom stereocenters. The van der Waals surface area contributed by atoms with Crippen LogP contribution in [0, 0.1) is 30.9 Å². The monoisotopic (exact) mass is 281 g/mol. The third kappa shape index (κ3) is 2.70. The highest BCUT2D eigenvalue weighted by Gasteiger charge is 2.22. The van der Waals surface area contributed by atoms with Gasteiger partial charge in [-0.05, 0) is 26.8 Å². The van der Waals surface area contributed by atoms with E-state index >= 15 is 0 Å². The summed E-state index contributed by atoms with van der Waals surface area (Å²) >= 11 is 5.85. The van der Waals surface area contributed by atoms with E-state index in [0.29, 0.717) is 22.4 Å². The molecule has 0 saturated carbocycles. The van der Waals surface area contributed by atoms with Gasteiger partial charge < -0.3 is 0 Å². The normalized spacial score (nSPS) is 10.7. The molecule has 0 aliphatic carbocycles. The van der Waals surface area contributed by atoms with Crippen LogP contribution in [0.5, 0.6) is 0 Å². The summed E-state index contributed by atoms with van der Waals surface area (Å²) in [5.74, 6) is 0.477. The highest BCUT2D eigenvalue weighted by molar-refractivity contribution is 6.29. The van der Waals surface area contributed by atoms with Gasteiger partial charge in [-0.1, -0.05) is 11.6 Å². The molecule has 0 bridgehead atoms. The van der Waals surface area contributed by atoms with Gasteiger partial charge in [0.1, 0.15) is 23.1 Å². The Hall–Kier alpha value is -2.02. The van der Waals surface area contributed by atoms with Gasteiger partial charge in [-0.3, -0.25) is 14.8 Å². The minimum atomic E-state index is -0.432. The molecule has 0 unspecified atom stereocenters. The number of nitro groups is 1. The number of nitrogens with zero attached hydrogens (tertiary/aromatic N) is 5. The standard InChI is InChI=1S/C11H12ClN5O2/c1-6-4-9(12)14-10(13-6)5-16-8(3)11(17(18)19)7(2)15-16/h4H,5H2,1-3H3. The SMILES string of the molecule is Cc1cc(Cl)nc(Cn2nc(C)c([N+](=O)[O-])c2C)n1. The van der Waals surface area contributed by atoms with Crippen molar-refractivity contribution in [2.75, 3.05) is 0 Å². The van der Waals surface area contributed by atoms with E-state index < -0.39 is 4.92 Å². The van der Waals surface area contributed by atoms with E-state index in [1.54, 1.807) is 26.8 Å². The van der Waals surface area contributed by atoms with Crippen molar-refractivity contribution < 1.29 is 4.92 Å². The van der Waals surface area contributed by atoms with Crippen molar-refractivity contribution in [1.82, 2.24) is 19.7 Å². The first kappa shape index (κ1) is 13.4. The Bertz CT molecular complexity index is 633. The second-order valence-electron chi connectivity index (χ2n) is 4.18. The second-order valence-corrected chi connectivity index (χ2v) is 4.57. The van der Waals surface area contributed by atoms with Gasteiger partial charge in [0.15, 0.2) is 5.82 Å². The highest BCUT2D eigenvalue weighted by Crippen LogP contribution is 2.22. The van der Waals surface area contributed by atoms with E-state index in [-0.39, 0.29) is 12.2 Å². The Balaban J connectivity index is 2.39. The Morgan fingerprint density at radius 1 is 1.37 bits per heavy atom. The summed E-state index contributed by atoms with van der Waals surface area (Å²) in [7, 11) is 0. The fourth-order valence-corrected chi connectivity index (χ4v) is 2.15. The summed E-state index contributed by atoms with van der Waals surface area (Å²) in [5, 5.41) is 15.4. The number of halogens is 1. The minimum absolute atomic E-state index is 0.0266. The quantitative estimate of drug-likeness (QED) is 0.489. The van der Waals surface area contributed by atoms with Crippen molar-refractivity contribution >= 4 is 17.3 Å². The molecule has 0 fully saturated rings. The summed E-state index contributed by atoms with van der Waals surface area (Å²) in [6, 6.07) is 1.65. The molecule has 0 spiro atoms. The molecule has 0 N–H and O–H groups in total. The second kappa shape index (κ2) is 4.93. The lowest BCUT2D eigenvalue weighted by Gasteiger charge is -2.04. The predicted molar refractivity (Wildman–Crippen MR) is 69.2 cm³/mol. The lowest BCUT2D eigenvalue weighted by atomic mass is 10.3. The summed E-state index contributed by atoms with van der Waals surface area (Å²) < 4.78 is 1.51. The van der Waals surface area contributed by atoms with Crippen LogP contribution in [0.4, 0.5) is 5.69 Å². The zero-order valence-electron chi connectivity index (χ0n) is 10.7. The Morgan fingerprint density at radius 2 is 2.05 bits per heavy atom. The molecule has 0 aliphatic heterocycles. The van der Waals surface area contributed by atoms with Gasteiger partial charge in [0, 0.05) is 5.69 Å². The molecule has 100 valence electrons. The van der Waals surface area contributed by atoms with Crippen molar-refractivity contribution in [2.24, 2.45) is 0 Å². The van der Waals surface area contributed by atoms with Crippen LogP contribution in [0.1, 0.15) is 22.9 Å². The number of rotatable bonds is 3. The Kier molecular flexibility index (Phi) is 3.48. The smallest absolute Gasteiger partial charge is 0.258 e. The fourth-order valence-electron chi connectivity index (χ4n) is 1.90.